The van der Waals surface area contributed by atoms with Crippen molar-refractivity contribution in [2.75, 3.05) is 13.2 Å². The summed E-state index contributed by atoms with van der Waals surface area (Å²) in [5.74, 6) is -0.270. The molecule has 25 heavy (non-hydrogen) atoms. The minimum Gasteiger partial charge on any atom is -0.487 e. The Hall–Kier alpha value is -2.31. The van der Waals surface area contributed by atoms with Gasteiger partial charge in [0.25, 0.3) is 5.91 Å². The lowest BCUT2D eigenvalue weighted by Crippen LogP contribution is -2.25. The van der Waals surface area contributed by atoms with E-state index in [0.717, 1.165) is 5.56 Å². The van der Waals surface area contributed by atoms with Crippen molar-refractivity contribution in [1.29, 1.82) is 0 Å². The molecule has 0 aliphatic rings. The van der Waals surface area contributed by atoms with E-state index in [4.69, 9.17) is 27.9 Å². The Labute approximate surface area is 154 Å². The topological polar surface area (TPSA) is 81.5 Å². The van der Waals surface area contributed by atoms with Gasteiger partial charge in [0, 0.05) is 28.2 Å². The number of nitrogens with one attached hydrogen (secondary N) is 1. The van der Waals surface area contributed by atoms with Crippen LogP contribution in [0.3, 0.4) is 0 Å². The molecule has 0 aliphatic carbocycles. The van der Waals surface area contributed by atoms with Crippen LogP contribution in [-0.4, -0.2) is 24.0 Å². The molecule has 2 aromatic rings. The fraction of sp³-hybridized carbons (Fsp3) is 0.235. The number of nitro benzene ring substituents is 1. The van der Waals surface area contributed by atoms with Gasteiger partial charge in [0.1, 0.15) is 0 Å². The number of amides is 1. The van der Waals surface area contributed by atoms with Crippen molar-refractivity contribution >= 4 is 34.8 Å². The minimum atomic E-state index is -0.574. The molecule has 2 rings (SSSR count). The smallest absolute Gasteiger partial charge is 0.311 e. The summed E-state index contributed by atoms with van der Waals surface area (Å²) >= 11 is 11.9. The van der Waals surface area contributed by atoms with E-state index in [0.29, 0.717) is 29.6 Å². The van der Waals surface area contributed by atoms with Gasteiger partial charge in [-0.3, -0.25) is 14.9 Å². The van der Waals surface area contributed by atoms with Crippen molar-refractivity contribution in [3.05, 3.63) is 67.7 Å². The molecule has 0 aromatic heterocycles. The number of carbonyl (C=O) groups excluding carboxylic acids is 1. The van der Waals surface area contributed by atoms with Gasteiger partial charge in [-0.1, -0.05) is 29.3 Å². The Bertz CT molecular complexity index is 796. The number of halogens is 2. The van der Waals surface area contributed by atoms with Gasteiger partial charge in [0.15, 0.2) is 5.75 Å². The maximum atomic E-state index is 12.2. The highest BCUT2D eigenvalue weighted by Crippen LogP contribution is 2.28. The highest BCUT2D eigenvalue weighted by molar-refractivity contribution is 6.35. The van der Waals surface area contributed by atoms with E-state index in [9.17, 15) is 14.9 Å². The number of nitro groups is 1. The lowest BCUT2D eigenvalue weighted by molar-refractivity contribution is -0.385. The Kier molecular flexibility index (Phi) is 6.61. The van der Waals surface area contributed by atoms with E-state index in [1.807, 2.05) is 0 Å². The van der Waals surface area contributed by atoms with Crippen LogP contribution in [0.1, 0.15) is 22.8 Å². The standard InChI is InChI=1S/C17H16Cl2N2O4/c1-2-25-16-6-4-12(9-15(16)21(23)24)17(22)20-8-7-11-3-5-13(18)10-14(11)19/h3-6,9-10H,2,7-8H2,1H3,(H,20,22). The fourth-order valence-electron chi connectivity index (χ4n) is 2.22. The highest BCUT2D eigenvalue weighted by atomic mass is 35.5. The van der Waals surface area contributed by atoms with E-state index >= 15 is 0 Å². The predicted octanol–water partition coefficient (Wildman–Crippen LogP) is 4.27. The molecule has 0 saturated heterocycles. The molecule has 0 saturated carbocycles. The molecule has 0 fully saturated rings. The molecule has 1 N–H and O–H groups in total. The fourth-order valence-corrected chi connectivity index (χ4v) is 2.72. The second kappa shape index (κ2) is 8.69. The van der Waals surface area contributed by atoms with Crippen LogP contribution in [0.25, 0.3) is 0 Å². The van der Waals surface area contributed by atoms with Gasteiger partial charge >= 0.3 is 5.69 Å². The summed E-state index contributed by atoms with van der Waals surface area (Å²) in [5.41, 5.74) is 0.802. The van der Waals surface area contributed by atoms with E-state index < -0.39 is 10.8 Å². The molecule has 0 unspecified atom stereocenters. The molecule has 6 nitrogen and oxygen atoms in total. The highest BCUT2D eigenvalue weighted by Gasteiger charge is 2.18. The zero-order chi connectivity index (χ0) is 18.4. The summed E-state index contributed by atoms with van der Waals surface area (Å²) < 4.78 is 5.20. The molecule has 132 valence electrons. The van der Waals surface area contributed by atoms with Crippen molar-refractivity contribution in [1.82, 2.24) is 5.32 Å². The lowest BCUT2D eigenvalue weighted by atomic mass is 10.1. The Balaban J connectivity index is 2.03. The Morgan fingerprint density at radius 3 is 2.64 bits per heavy atom. The van der Waals surface area contributed by atoms with E-state index in [1.165, 1.54) is 18.2 Å². The Morgan fingerprint density at radius 2 is 2.00 bits per heavy atom. The number of carbonyl (C=O) groups is 1. The lowest BCUT2D eigenvalue weighted by Gasteiger charge is -2.09. The third kappa shape index (κ3) is 5.08. The zero-order valence-electron chi connectivity index (χ0n) is 13.4. The zero-order valence-corrected chi connectivity index (χ0v) is 14.9. The maximum absolute atomic E-state index is 12.2. The number of ether oxygens (including phenoxy) is 1. The average molecular weight is 383 g/mol. The molecular formula is C17H16Cl2N2O4. The molecular weight excluding hydrogens is 367 g/mol. The molecule has 0 radical (unpaired) electrons. The first-order valence-electron chi connectivity index (χ1n) is 7.55. The monoisotopic (exact) mass is 382 g/mol. The third-order valence-corrected chi connectivity index (χ3v) is 4.00. The van der Waals surface area contributed by atoms with Gasteiger partial charge in [0.05, 0.1) is 11.5 Å². The summed E-state index contributed by atoms with van der Waals surface area (Å²) in [4.78, 5) is 22.7. The van der Waals surface area contributed by atoms with Gasteiger partial charge in [-0.2, -0.15) is 0 Å². The molecule has 0 heterocycles. The molecule has 2 aromatic carbocycles. The Morgan fingerprint density at radius 1 is 1.24 bits per heavy atom. The molecule has 0 aliphatic heterocycles. The van der Waals surface area contributed by atoms with Crippen LogP contribution >= 0.6 is 23.2 Å². The van der Waals surface area contributed by atoms with Crippen molar-refractivity contribution in [2.45, 2.75) is 13.3 Å². The van der Waals surface area contributed by atoms with Crippen LogP contribution in [0, 0.1) is 10.1 Å². The first-order valence-corrected chi connectivity index (χ1v) is 8.31. The summed E-state index contributed by atoms with van der Waals surface area (Å²) in [6, 6.07) is 9.26. The summed E-state index contributed by atoms with van der Waals surface area (Å²) in [5, 5.41) is 14.9. The van der Waals surface area contributed by atoms with E-state index in [1.54, 1.807) is 25.1 Å². The number of hydrogen-bond donors (Lipinski definition) is 1. The number of nitrogens with zero attached hydrogens (tertiary/aromatic N) is 1. The van der Waals surface area contributed by atoms with Crippen LogP contribution in [-0.2, 0) is 6.42 Å². The minimum absolute atomic E-state index is 0.136. The average Bonchev–Trinajstić information content (AvgIpc) is 2.57. The normalized spacial score (nSPS) is 10.4. The number of benzene rings is 2. The molecule has 1 amide bonds. The number of hydrogen-bond acceptors (Lipinski definition) is 4. The molecule has 8 heteroatoms. The predicted molar refractivity (Wildman–Crippen MR) is 96.8 cm³/mol. The van der Waals surface area contributed by atoms with Crippen LogP contribution < -0.4 is 10.1 Å². The SMILES string of the molecule is CCOc1ccc(C(=O)NCCc2ccc(Cl)cc2Cl)cc1[N+](=O)[O-]. The largest absolute Gasteiger partial charge is 0.487 e. The molecule has 0 spiro atoms. The van der Waals surface area contributed by atoms with Crippen molar-refractivity contribution in [2.24, 2.45) is 0 Å². The second-order valence-corrected chi connectivity index (χ2v) is 5.96. The van der Waals surface area contributed by atoms with Gasteiger partial charge in [0.2, 0.25) is 0 Å². The summed E-state index contributed by atoms with van der Waals surface area (Å²) in [6.07, 6.45) is 0.515. The van der Waals surface area contributed by atoms with Crippen molar-refractivity contribution < 1.29 is 14.5 Å². The quantitative estimate of drug-likeness (QED) is 0.572. The van der Waals surface area contributed by atoms with Crippen LogP contribution in [0.2, 0.25) is 10.0 Å². The summed E-state index contributed by atoms with van der Waals surface area (Å²) in [6.45, 7) is 2.36. The van der Waals surface area contributed by atoms with Gasteiger partial charge < -0.3 is 10.1 Å². The van der Waals surface area contributed by atoms with Crippen molar-refractivity contribution in [3.63, 3.8) is 0 Å². The van der Waals surface area contributed by atoms with E-state index in [-0.39, 0.29) is 17.0 Å². The first kappa shape index (κ1) is 19.0. The van der Waals surface area contributed by atoms with Gasteiger partial charge in [-0.25, -0.2) is 0 Å². The van der Waals surface area contributed by atoms with Crippen molar-refractivity contribution in [3.8, 4) is 5.75 Å². The number of rotatable bonds is 7. The van der Waals surface area contributed by atoms with Gasteiger partial charge in [-0.05, 0) is 43.2 Å². The first-order chi connectivity index (χ1) is 11.9. The molecule has 0 bridgehead atoms. The maximum Gasteiger partial charge on any atom is 0.311 e. The van der Waals surface area contributed by atoms with Gasteiger partial charge in [-0.15, -0.1) is 0 Å². The second-order valence-electron chi connectivity index (χ2n) is 5.11. The molecule has 0 atom stereocenters. The summed E-state index contributed by atoms with van der Waals surface area (Å²) in [7, 11) is 0. The van der Waals surface area contributed by atoms with Crippen LogP contribution in [0.4, 0.5) is 5.69 Å². The van der Waals surface area contributed by atoms with E-state index in [2.05, 4.69) is 5.32 Å². The van der Waals surface area contributed by atoms with Crippen LogP contribution in [0.15, 0.2) is 36.4 Å². The van der Waals surface area contributed by atoms with Crippen LogP contribution in [0.5, 0.6) is 5.75 Å². The third-order valence-electron chi connectivity index (χ3n) is 3.41.